The van der Waals surface area contributed by atoms with E-state index in [1.165, 1.54) is 24.1 Å². The van der Waals surface area contributed by atoms with Crippen molar-refractivity contribution in [2.45, 2.75) is 37.6 Å². The molecule has 3 heterocycles. The molecule has 2 saturated carbocycles. The first-order valence-corrected chi connectivity index (χ1v) is 8.80. The molecule has 24 heavy (non-hydrogen) atoms. The third-order valence-corrected chi connectivity index (χ3v) is 5.55. The summed E-state index contributed by atoms with van der Waals surface area (Å²) in [6.45, 7) is 0.788. The van der Waals surface area contributed by atoms with Crippen LogP contribution in [0.2, 0.25) is 0 Å². The fraction of sp³-hybridized carbons (Fsp3) is 0.500. The molecule has 2 aliphatic carbocycles. The minimum Gasteiger partial charge on any atom is -0.330 e. The molecule has 0 atom stereocenters. The highest BCUT2D eigenvalue weighted by Gasteiger charge is 2.35. The van der Waals surface area contributed by atoms with Gasteiger partial charge in [0.15, 0.2) is 0 Å². The number of aromatic nitrogens is 5. The Bertz CT molecular complexity index is 898. The van der Waals surface area contributed by atoms with Crippen LogP contribution in [-0.2, 0) is 7.05 Å². The molecule has 5 rings (SSSR count). The van der Waals surface area contributed by atoms with E-state index in [0.717, 1.165) is 36.0 Å². The molecule has 0 radical (unpaired) electrons. The number of aryl methyl sites for hydroxylation is 1. The predicted octanol–water partition coefficient (Wildman–Crippen LogP) is 2.62. The van der Waals surface area contributed by atoms with Gasteiger partial charge in [0.05, 0.1) is 29.1 Å². The molecule has 2 N–H and O–H groups in total. The molecule has 124 valence electrons. The van der Waals surface area contributed by atoms with E-state index in [-0.39, 0.29) is 0 Å². The van der Waals surface area contributed by atoms with Gasteiger partial charge in [-0.3, -0.25) is 14.3 Å². The smallest absolute Gasteiger partial charge is 0.0995 e. The predicted molar refractivity (Wildman–Crippen MR) is 92.5 cm³/mol. The number of nitrogens with zero attached hydrogens (tertiary/aromatic N) is 5. The van der Waals surface area contributed by atoms with E-state index in [1.54, 1.807) is 0 Å². The number of hydrogen-bond donors (Lipinski definition) is 1. The second-order valence-corrected chi connectivity index (χ2v) is 7.27. The summed E-state index contributed by atoms with van der Waals surface area (Å²) >= 11 is 0. The number of rotatable bonds is 4. The first-order valence-electron chi connectivity index (χ1n) is 8.80. The van der Waals surface area contributed by atoms with Crippen molar-refractivity contribution in [2.24, 2.45) is 18.7 Å². The summed E-state index contributed by atoms with van der Waals surface area (Å²) in [6.07, 6.45) is 10.7. The average Bonchev–Trinajstić information content (AvgIpc) is 3.20. The lowest BCUT2D eigenvalue weighted by atomic mass is 9.80. The third kappa shape index (κ3) is 2.09. The molecular formula is C18H22N6. The Kier molecular flexibility index (Phi) is 3.03. The zero-order chi connectivity index (χ0) is 16.3. The minimum atomic E-state index is 0.496. The highest BCUT2D eigenvalue weighted by Crippen LogP contribution is 2.46. The summed E-state index contributed by atoms with van der Waals surface area (Å²) in [5.74, 6) is 1.25. The Labute approximate surface area is 140 Å². The summed E-state index contributed by atoms with van der Waals surface area (Å²) in [5, 5.41) is 10.5. The van der Waals surface area contributed by atoms with Gasteiger partial charge >= 0.3 is 0 Å². The molecule has 6 heteroatoms. The Balaban J connectivity index is 1.62. The van der Waals surface area contributed by atoms with Crippen molar-refractivity contribution in [3.8, 4) is 11.3 Å². The first-order chi connectivity index (χ1) is 11.7. The summed E-state index contributed by atoms with van der Waals surface area (Å²) in [5.41, 5.74) is 10.3. The molecule has 3 aromatic rings. The molecule has 0 aromatic carbocycles. The van der Waals surface area contributed by atoms with Gasteiger partial charge in [-0.2, -0.15) is 10.2 Å². The van der Waals surface area contributed by atoms with E-state index in [0.29, 0.717) is 17.9 Å². The zero-order valence-corrected chi connectivity index (χ0v) is 13.9. The minimum absolute atomic E-state index is 0.496. The highest BCUT2D eigenvalue weighted by atomic mass is 15.3. The third-order valence-electron chi connectivity index (χ3n) is 5.55. The molecule has 3 aromatic heterocycles. The Morgan fingerprint density at radius 3 is 2.88 bits per heavy atom. The maximum absolute atomic E-state index is 5.78. The van der Waals surface area contributed by atoms with Crippen LogP contribution < -0.4 is 5.73 Å². The van der Waals surface area contributed by atoms with Gasteiger partial charge < -0.3 is 5.73 Å². The lowest BCUT2D eigenvalue weighted by Crippen LogP contribution is -2.32. The van der Waals surface area contributed by atoms with Crippen molar-refractivity contribution in [3.63, 3.8) is 0 Å². The molecule has 2 fully saturated rings. The van der Waals surface area contributed by atoms with E-state index in [2.05, 4.69) is 16.0 Å². The van der Waals surface area contributed by atoms with Crippen LogP contribution in [0.3, 0.4) is 0 Å². The van der Waals surface area contributed by atoms with Crippen molar-refractivity contribution < 1.29 is 0 Å². The average molecular weight is 322 g/mol. The van der Waals surface area contributed by atoms with E-state index < -0.39 is 0 Å². The van der Waals surface area contributed by atoms with Gasteiger partial charge in [0.25, 0.3) is 0 Å². The van der Waals surface area contributed by atoms with Crippen LogP contribution in [0.4, 0.5) is 0 Å². The second kappa shape index (κ2) is 5.14. The monoisotopic (exact) mass is 322 g/mol. The SMILES string of the molecule is Cn1ncc2ccnc(-c3cn([C@H]4C[C@H](CN)C4)nc3C3CC3)c21. The number of fused-ring (bicyclic) bond motifs is 1. The van der Waals surface area contributed by atoms with Crippen molar-refractivity contribution >= 4 is 10.9 Å². The van der Waals surface area contributed by atoms with Crippen molar-refractivity contribution in [1.82, 2.24) is 24.5 Å². The van der Waals surface area contributed by atoms with Crippen LogP contribution >= 0.6 is 0 Å². The van der Waals surface area contributed by atoms with Crippen LogP contribution in [-0.4, -0.2) is 31.1 Å². The summed E-state index contributed by atoms with van der Waals surface area (Å²) in [6, 6.07) is 2.51. The van der Waals surface area contributed by atoms with Crippen molar-refractivity contribution in [2.75, 3.05) is 6.54 Å². The molecule has 0 saturated heterocycles. The zero-order valence-electron chi connectivity index (χ0n) is 13.9. The standard InChI is InChI=1S/C18H22N6/c1-23-18-13(9-21-23)4-5-20-17(18)15-10-24(14-6-11(7-14)8-19)22-16(15)12-2-3-12/h4-5,9-12,14H,2-3,6-8,19H2,1H3/t11-,14-. The van der Waals surface area contributed by atoms with Gasteiger partial charge in [0, 0.05) is 36.3 Å². The summed E-state index contributed by atoms with van der Waals surface area (Å²) in [7, 11) is 1.98. The van der Waals surface area contributed by atoms with Gasteiger partial charge in [-0.25, -0.2) is 0 Å². The second-order valence-electron chi connectivity index (χ2n) is 7.27. The van der Waals surface area contributed by atoms with Crippen LogP contribution in [0.1, 0.15) is 43.3 Å². The quantitative estimate of drug-likeness (QED) is 0.801. The topological polar surface area (TPSA) is 74.5 Å². The Morgan fingerprint density at radius 2 is 2.12 bits per heavy atom. The van der Waals surface area contributed by atoms with Crippen molar-refractivity contribution in [3.05, 3.63) is 30.4 Å². The van der Waals surface area contributed by atoms with Crippen LogP contribution in [0.25, 0.3) is 22.2 Å². The van der Waals surface area contributed by atoms with Crippen LogP contribution in [0, 0.1) is 5.92 Å². The molecule has 0 spiro atoms. The van der Waals surface area contributed by atoms with E-state index in [1.807, 2.05) is 30.2 Å². The van der Waals surface area contributed by atoms with Crippen LogP contribution in [0.5, 0.6) is 0 Å². The fourth-order valence-corrected chi connectivity index (χ4v) is 3.86. The van der Waals surface area contributed by atoms with E-state index in [9.17, 15) is 0 Å². The molecule has 0 amide bonds. The molecule has 6 nitrogen and oxygen atoms in total. The number of nitrogens with two attached hydrogens (primary N) is 1. The van der Waals surface area contributed by atoms with Crippen LogP contribution in [0.15, 0.2) is 24.7 Å². The van der Waals surface area contributed by atoms with Crippen molar-refractivity contribution in [1.29, 1.82) is 0 Å². The molecule has 0 bridgehead atoms. The maximum atomic E-state index is 5.78. The lowest BCUT2D eigenvalue weighted by Gasteiger charge is -2.34. The number of pyridine rings is 1. The largest absolute Gasteiger partial charge is 0.330 e. The lowest BCUT2D eigenvalue weighted by molar-refractivity contribution is 0.189. The van der Waals surface area contributed by atoms with Gasteiger partial charge in [0.1, 0.15) is 0 Å². The summed E-state index contributed by atoms with van der Waals surface area (Å²) in [4.78, 5) is 4.69. The molecule has 0 aliphatic heterocycles. The Morgan fingerprint density at radius 1 is 1.29 bits per heavy atom. The van der Waals surface area contributed by atoms with E-state index >= 15 is 0 Å². The Hall–Kier alpha value is -2.21. The molecular weight excluding hydrogens is 300 g/mol. The number of hydrogen-bond acceptors (Lipinski definition) is 4. The summed E-state index contributed by atoms with van der Waals surface area (Å²) < 4.78 is 4.09. The maximum Gasteiger partial charge on any atom is 0.0995 e. The molecule has 2 aliphatic rings. The van der Waals surface area contributed by atoms with Gasteiger partial charge in [0.2, 0.25) is 0 Å². The fourth-order valence-electron chi connectivity index (χ4n) is 3.86. The first kappa shape index (κ1) is 14.2. The molecule has 0 unspecified atom stereocenters. The van der Waals surface area contributed by atoms with Gasteiger partial charge in [-0.05, 0) is 44.2 Å². The highest BCUT2D eigenvalue weighted by molar-refractivity contribution is 5.92. The normalized spacial score (nSPS) is 23.6. The van der Waals surface area contributed by atoms with E-state index in [4.69, 9.17) is 15.8 Å². The van der Waals surface area contributed by atoms with Gasteiger partial charge in [-0.1, -0.05) is 0 Å². The van der Waals surface area contributed by atoms with Gasteiger partial charge in [-0.15, -0.1) is 0 Å².